The molecule has 1 saturated carbocycles. The Morgan fingerprint density at radius 2 is 2.06 bits per heavy atom. The average Bonchev–Trinajstić information content (AvgIpc) is 2.29. The van der Waals surface area contributed by atoms with Crippen LogP contribution in [0.15, 0.2) is 0 Å². The molecule has 1 aliphatic rings. The second-order valence-corrected chi connectivity index (χ2v) is 4.55. The third-order valence-electron chi connectivity index (χ3n) is 3.01. The van der Waals surface area contributed by atoms with Gasteiger partial charge in [-0.1, -0.05) is 13.3 Å². The summed E-state index contributed by atoms with van der Waals surface area (Å²) in [7, 11) is -1.12. The first-order chi connectivity index (χ1) is 7.85. The minimum absolute atomic E-state index is 0.292. The van der Waals surface area contributed by atoms with Gasteiger partial charge in [0.15, 0.2) is 0 Å². The number of carbonyl (C=O) groups is 1. The minimum atomic E-state index is -1.12. The predicted molar refractivity (Wildman–Crippen MR) is 66.2 cm³/mol. The van der Waals surface area contributed by atoms with Gasteiger partial charge in [0.25, 0.3) is 0 Å². The number of nitrogens with two attached hydrogens (primary N) is 2. The number of hydrogen-bond donors (Lipinski definition) is 5. The third kappa shape index (κ3) is 6.02. The van der Waals surface area contributed by atoms with Gasteiger partial charge >= 0.3 is 13.1 Å². The Balaban J connectivity index is 0.000000437. The molecule has 1 rings (SSSR count). The molecule has 6 nitrogen and oxygen atoms in total. The van der Waals surface area contributed by atoms with Crippen molar-refractivity contribution in [1.29, 1.82) is 0 Å². The Hall–Kier alpha value is -0.625. The van der Waals surface area contributed by atoms with E-state index < -0.39 is 18.6 Å². The molecule has 1 unspecified atom stereocenters. The smallest absolute Gasteiger partial charge is 0.451 e. The molecule has 1 aliphatic carbocycles. The molecule has 0 amide bonds. The molecule has 0 aromatic rings. The molecule has 0 aromatic heterocycles. The first kappa shape index (κ1) is 16.4. The number of carboxylic acid groups (broad SMARTS) is 1. The minimum Gasteiger partial charge on any atom is -0.480 e. The fourth-order valence-corrected chi connectivity index (χ4v) is 1.82. The van der Waals surface area contributed by atoms with Crippen LogP contribution in [0.2, 0.25) is 6.32 Å². The molecule has 0 aromatic carbocycles. The third-order valence-corrected chi connectivity index (χ3v) is 3.01. The zero-order valence-electron chi connectivity index (χ0n) is 10.3. The van der Waals surface area contributed by atoms with Gasteiger partial charge in [0.05, 0.1) is 0 Å². The van der Waals surface area contributed by atoms with Gasteiger partial charge in [-0.05, 0) is 38.0 Å². The number of carboxylic acids is 1. The number of hydrogen-bond acceptors (Lipinski definition) is 5. The maximum Gasteiger partial charge on any atom is 0.451 e. The summed E-state index contributed by atoms with van der Waals surface area (Å²) in [5.74, 6) is -0.597. The van der Waals surface area contributed by atoms with Gasteiger partial charge < -0.3 is 26.6 Å². The van der Waals surface area contributed by atoms with Crippen LogP contribution in [0.4, 0.5) is 0 Å². The summed E-state index contributed by atoms with van der Waals surface area (Å²) >= 11 is 0. The van der Waals surface area contributed by atoms with Gasteiger partial charge in [-0.2, -0.15) is 0 Å². The fraction of sp³-hybridized carbons (Fsp3) is 0.900. The summed E-state index contributed by atoms with van der Waals surface area (Å²) < 4.78 is 0. The Morgan fingerprint density at radius 1 is 1.53 bits per heavy atom. The second-order valence-electron chi connectivity index (χ2n) is 4.55. The maximum atomic E-state index is 10.8. The van der Waals surface area contributed by atoms with Gasteiger partial charge in [-0.3, -0.25) is 4.79 Å². The van der Waals surface area contributed by atoms with E-state index in [-0.39, 0.29) is 0 Å². The molecule has 0 heterocycles. The van der Waals surface area contributed by atoms with Gasteiger partial charge in [-0.15, -0.1) is 0 Å². The van der Waals surface area contributed by atoms with Crippen LogP contribution in [0.3, 0.4) is 0 Å². The van der Waals surface area contributed by atoms with E-state index in [2.05, 4.69) is 0 Å². The molecule has 1 fully saturated rings. The first-order valence-corrected chi connectivity index (χ1v) is 5.94. The van der Waals surface area contributed by atoms with E-state index in [1.807, 2.05) is 0 Å². The molecule has 0 spiro atoms. The Labute approximate surface area is 102 Å². The second kappa shape index (κ2) is 7.65. The van der Waals surface area contributed by atoms with Crippen LogP contribution in [0.25, 0.3) is 0 Å². The van der Waals surface area contributed by atoms with E-state index in [4.69, 9.17) is 26.6 Å². The Morgan fingerprint density at radius 3 is 2.41 bits per heavy atom. The molecule has 0 bridgehead atoms. The van der Waals surface area contributed by atoms with Crippen LogP contribution in [0.1, 0.15) is 32.6 Å². The molecule has 0 radical (unpaired) electrons. The molecule has 17 heavy (non-hydrogen) atoms. The van der Waals surface area contributed by atoms with Crippen molar-refractivity contribution in [2.24, 2.45) is 17.4 Å². The summed E-state index contributed by atoms with van der Waals surface area (Å²) in [5, 5.41) is 24.7. The normalized spacial score (nSPS) is 27.9. The van der Waals surface area contributed by atoms with E-state index in [0.29, 0.717) is 31.6 Å². The largest absolute Gasteiger partial charge is 0.480 e. The summed E-state index contributed by atoms with van der Waals surface area (Å²) in [6.45, 7) is 2.25. The Kier molecular flexibility index (Phi) is 7.37. The zero-order valence-corrected chi connectivity index (χ0v) is 10.3. The summed E-state index contributed by atoms with van der Waals surface area (Å²) in [4.78, 5) is 10.8. The molecule has 0 aliphatic heterocycles. The lowest BCUT2D eigenvalue weighted by atomic mass is 9.76. The predicted octanol–water partition coefficient (Wildman–Crippen LogP) is -0.603. The van der Waals surface area contributed by atoms with Crippen LogP contribution in [-0.2, 0) is 4.79 Å². The van der Waals surface area contributed by atoms with Crippen LogP contribution in [0.5, 0.6) is 0 Å². The van der Waals surface area contributed by atoms with E-state index in [1.165, 1.54) is 0 Å². The van der Waals surface area contributed by atoms with Crippen molar-refractivity contribution in [3.05, 3.63) is 0 Å². The van der Waals surface area contributed by atoms with Crippen LogP contribution < -0.4 is 11.5 Å². The van der Waals surface area contributed by atoms with Gasteiger partial charge in [-0.25, -0.2) is 0 Å². The van der Waals surface area contributed by atoms with Crippen molar-refractivity contribution >= 4 is 13.1 Å². The van der Waals surface area contributed by atoms with Crippen LogP contribution in [0, 0.1) is 5.92 Å². The molecular formula is C10H23BN2O4. The quantitative estimate of drug-likeness (QED) is 0.422. The van der Waals surface area contributed by atoms with Crippen molar-refractivity contribution in [1.82, 2.24) is 0 Å². The maximum absolute atomic E-state index is 10.8. The molecular weight excluding hydrogens is 223 g/mol. The molecule has 100 valence electrons. The average molecular weight is 246 g/mol. The number of rotatable bonds is 3. The molecule has 7 heteroatoms. The van der Waals surface area contributed by atoms with E-state index in [9.17, 15) is 4.79 Å². The Bertz CT molecular complexity index is 240. The van der Waals surface area contributed by atoms with Crippen molar-refractivity contribution in [2.75, 3.05) is 6.54 Å². The van der Waals surface area contributed by atoms with Crippen molar-refractivity contribution in [3.8, 4) is 0 Å². The first-order valence-electron chi connectivity index (χ1n) is 5.94. The van der Waals surface area contributed by atoms with Crippen molar-refractivity contribution < 1.29 is 19.9 Å². The summed E-state index contributed by atoms with van der Waals surface area (Å²) in [6, 6.07) is 0. The highest BCUT2D eigenvalue weighted by molar-refractivity contribution is 6.40. The lowest BCUT2D eigenvalue weighted by molar-refractivity contribution is -0.145. The number of aliphatic carboxylic acids is 1. The van der Waals surface area contributed by atoms with Gasteiger partial charge in [0, 0.05) is 0 Å². The van der Waals surface area contributed by atoms with Crippen LogP contribution >= 0.6 is 0 Å². The lowest BCUT2D eigenvalue weighted by Crippen LogP contribution is -2.52. The summed E-state index contributed by atoms with van der Waals surface area (Å²) in [6.07, 6.45) is 3.42. The monoisotopic (exact) mass is 246 g/mol. The van der Waals surface area contributed by atoms with E-state index in [1.54, 1.807) is 6.92 Å². The highest BCUT2D eigenvalue weighted by Crippen LogP contribution is 2.30. The highest BCUT2D eigenvalue weighted by Gasteiger charge is 2.38. The molecule has 7 N–H and O–H groups in total. The van der Waals surface area contributed by atoms with Crippen molar-refractivity contribution in [2.45, 2.75) is 44.5 Å². The van der Waals surface area contributed by atoms with E-state index in [0.717, 1.165) is 12.8 Å². The lowest BCUT2D eigenvalue weighted by Gasteiger charge is -2.33. The van der Waals surface area contributed by atoms with E-state index >= 15 is 0 Å². The fourth-order valence-electron chi connectivity index (χ4n) is 1.82. The highest BCUT2D eigenvalue weighted by atomic mass is 16.4. The molecule has 0 saturated heterocycles. The van der Waals surface area contributed by atoms with Gasteiger partial charge in [0.1, 0.15) is 5.54 Å². The zero-order chi connectivity index (χ0) is 13.5. The summed E-state index contributed by atoms with van der Waals surface area (Å²) in [5.41, 5.74) is 10.2. The van der Waals surface area contributed by atoms with Gasteiger partial charge in [0.2, 0.25) is 0 Å². The SMILES string of the molecule is CCB(O)O.NC[C@@H]1CCCC(N)(C(=O)O)C1. The van der Waals surface area contributed by atoms with Crippen molar-refractivity contribution in [3.63, 3.8) is 0 Å². The standard InChI is InChI=1S/C8H16N2O2.C2H7BO2/c9-5-6-2-1-3-8(10,4-6)7(11)12;1-2-3(4)5/h6H,1-5,9-10H2,(H,11,12);4-5H,2H2,1H3/t6-,8?;/m1./s1. The topological polar surface area (TPSA) is 130 Å². The van der Waals surface area contributed by atoms with Crippen LogP contribution in [-0.4, -0.2) is 40.3 Å². The molecule has 2 atom stereocenters.